The van der Waals surface area contributed by atoms with Gasteiger partial charge in [0.15, 0.2) is 0 Å². The fourth-order valence-electron chi connectivity index (χ4n) is 0.670. The van der Waals surface area contributed by atoms with Crippen molar-refractivity contribution in [3.8, 4) is 0 Å². The molecule has 0 aliphatic rings. The standard InChI is InChI=1S/C8H8F6O3/c1-3-4(15)17-5(16)6(2,7(9,10)11)8(12,13)14/h3H2,1-2H3. The third-order valence-corrected chi connectivity index (χ3v) is 2.04. The third-order valence-electron chi connectivity index (χ3n) is 2.04. The Labute approximate surface area is 91.7 Å². The van der Waals surface area contributed by atoms with Gasteiger partial charge in [0.1, 0.15) is 0 Å². The predicted molar refractivity (Wildman–Crippen MR) is 41.6 cm³/mol. The molecule has 0 aliphatic carbocycles. The summed E-state index contributed by atoms with van der Waals surface area (Å²) in [4.78, 5) is 21.4. The lowest BCUT2D eigenvalue weighted by Gasteiger charge is -2.30. The number of hydrogen-bond acceptors (Lipinski definition) is 3. The largest absolute Gasteiger partial charge is 0.413 e. The molecule has 0 aliphatic heterocycles. The van der Waals surface area contributed by atoms with Gasteiger partial charge in [0.2, 0.25) is 0 Å². The average molecular weight is 266 g/mol. The van der Waals surface area contributed by atoms with Crippen LogP contribution >= 0.6 is 0 Å². The summed E-state index contributed by atoms with van der Waals surface area (Å²) in [5, 5.41) is 0. The van der Waals surface area contributed by atoms with Crippen LogP contribution in [0.5, 0.6) is 0 Å². The molecule has 0 fully saturated rings. The number of rotatable bonds is 2. The second-order valence-electron chi connectivity index (χ2n) is 3.24. The lowest BCUT2D eigenvalue weighted by molar-refractivity contribution is -0.325. The SMILES string of the molecule is CCC(=O)OC(=O)C(C)(C(F)(F)F)C(F)(F)F. The molecule has 0 aromatic carbocycles. The molecule has 0 saturated carbocycles. The van der Waals surface area contributed by atoms with Crippen LogP contribution in [-0.2, 0) is 14.3 Å². The van der Waals surface area contributed by atoms with E-state index in [9.17, 15) is 35.9 Å². The van der Waals surface area contributed by atoms with Crippen LogP contribution in [0.1, 0.15) is 20.3 Å². The second-order valence-corrected chi connectivity index (χ2v) is 3.24. The molecule has 9 heteroatoms. The van der Waals surface area contributed by atoms with E-state index in [0.29, 0.717) is 0 Å². The van der Waals surface area contributed by atoms with Gasteiger partial charge in [0.05, 0.1) is 0 Å². The zero-order chi connectivity index (χ0) is 14.1. The van der Waals surface area contributed by atoms with Crippen molar-refractivity contribution in [1.82, 2.24) is 0 Å². The minimum Gasteiger partial charge on any atom is -0.392 e. The smallest absolute Gasteiger partial charge is 0.392 e. The molecule has 0 aromatic heterocycles. The lowest BCUT2D eigenvalue weighted by Crippen LogP contribution is -2.54. The van der Waals surface area contributed by atoms with Crippen molar-refractivity contribution in [3.05, 3.63) is 0 Å². The Balaban J connectivity index is 5.38. The molecule has 0 rings (SSSR count). The summed E-state index contributed by atoms with van der Waals surface area (Å²) >= 11 is 0. The maximum atomic E-state index is 12.3. The first-order chi connectivity index (χ1) is 7.38. The van der Waals surface area contributed by atoms with Gasteiger partial charge in [0.25, 0.3) is 5.41 Å². The summed E-state index contributed by atoms with van der Waals surface area (Å²) in [6, 6.07) is 0. The van der Waals surface area contributed by atoms with E-state index in [-0.39, 0.29) is 6.92 Å². The van der Waals surface area contributed by atoms with E-state index in [1.165, 1.54) is 0 Å². The van der Waals surface area contributed by atoms with Crippen LogP contribution in [0, 0.1) is 5.41 Å². The van der Waals surface area contributed by atoms with Crippen molar-refractivity contribution >= 4 is 11.9 Å². The fourth-order valence-corrected chi connectivity index (χ4v) is 0.670. The molecular formula is C8H8F6O3. The van der Waals surface area contributed by atoms with Crippen LogP contribution in [0.25, 0.3) is 0 Å². The van der Waals surface area contributed by atoms with Crippen LogP contribution in [0.4, 0.5) is 26.3 Å². The zero-order valence-corrected chi connectivity index (χ0v) is 8.70. The molecule has 0 radical (unpaired) electrons. The molecular weight excluding hydrogens is 258 g/mol. The van der Waals surface area contributed by atoms with Crippen LogP contribution in [0.3, 0.4) is 0 Å². The van der Waals surface area contributed by atoms with Crippen LogP contribution < -0.4 is 0 Å². The number of hydrogen-bond donors (Lipinski definition) is 0. The first-order valence-corrected chi connectivity index (χ1v) is 4.26. The zero-order valence-electron chi connectivity index (χ0n) is 8.70. The van der Waals surface area contributed by atoms with Crippen LogP contribution in [-0.4, -0.2) is 24.3 Å². The van der Waals surface area contributed by atoms with E-state index in [4.69, 9.17) is 0 Å². The minimum absolute atomic E-state index is 0.377. The molecule has 100 valence electrons. The van der Waals surface area contributed by atoms with Gasteiger partial charge in [-0.3, -0.25) is 9.59 Å². The van der Waals surface area contributed by atoms with E-state index >= 15 is 0 Å². The first kappa shape index (κ1) is 15.7. The average Bonchev–Trinajstić information content (AvgIpc) is 2.12. The van der Waals surface area contributed by atoms with Crippen molar-refractivity contribution in [2.45, 2.75) is 32.6 Å². The molecule has 0 spiro atoms. The van der Waals surface area contributed by atoms with Gasteiger partial charge in [-0.15, -0.1) is 0 Å². The number of alkyl halides is 6. The summed E-state index contributed by atoms with van der Waals surface area (Å²) in [5.41, 5.74) is -4.72. The first-order valence-electron chi connectivity index (χ1n) is 4.26. The third kappa shape index (κ3) is 2.89. The molecule has 0 bridgehead atoms. The van der Waals surface area contributed by atoms with Gasteiger partial charge < -0.3 is 4.74 Å². The predicted octanol–water partition coefficient (Wildman–Crippen LogP) is 2.60. The second kappa shape index (κ2) is 4.53. The number of carbonyl (C=O) groups is 2. The summed E-state index contributed by atoms with van der Waals surface area (Å²) < 4.78 is 77.1. The molecule has 0 aromatic rings. The molecule has 0 unspecified atom stereocenters. The van der Waals surface area contributed by atoms with Crippen molar-refractivity contribution in [1.29, 1.82) is 0 Å². The Morgan fingerprint density at radius 3 is 1.59 bits per heavy atom. The summed E-state index contributed by atoms with van der Waals surface area (Å²) in [6.45, 7) is 0.742. The van der Waals surface area contributed by atoms with Crippen molar-refractivity contribution in [2.75, 3.05) is 0 Å². The Morgan fingerprint density at radius 1 is 1.00 bits per heavy atom. The minimum atomic E-state index is -5.91. The summed E-state index contributed by atoms with van der Waals surface area (Å²) in [6.07, 6.45) is -12.3. The Hall–Kier alpha value is -1.28. The maximum Gasteiger partial charge on any atom is 0.413 e. The summed E-state index contributed by atoms with van der Waals surface area (Å²) in [7, 11) is 0. The van der Waals surface area contributed by atoms with Crippen LogP contribution in [0.15, 0.2) is 0 Å². The van der Waals surface area contributed by atoms with Gasteiger partial charge in [0, 0.05) is 6.42 Å². The number of esters is 2. The van der Waals surface area contributed by atoms with E-state index in [2.05, 4.69) is 4.74 Å². The van der Waals surface area contributed by atoms with E-state index in [0.717, 1.165) is 6.92 Å². The van der Waals surface area contributed by atoms with Crippen molar-refractivity contribution in [2.24, 2.45) is 5.41 Å². The Kier molecular flexibility index (Phi) is 4.19. The highest BCUT2D eigenvalue weighted by Gasteiger charge is 2.73. The summed E-state index contributed by atoms with van der Waals surface area (Å²) in [5.74, 6) is -4.14. The van der Waals surface area contributed by atoms with E-state index in [1.807, 2.05) is 0 Å². The van der Waals surface area contributed by atoms with Gasteiger partial charge in [-0.1, -0.05) is 6.92 Å². The molecule has 3 nitrogen and oxygen atoms in total. The highest BCUT2D eigenvalue weighted by molar-refractivity contribution is 5.89. The van der Waals surface area contributed by atoms with E-state index in [1.54, 1.807) is 0 Å². The van der Waals surface area contributed by atoms with Crippen LogP contribution in [0.2, 0.25) is 0 Å². The van der Waals surface area contributed by atoms with Crippen molar-refractivity contribution < 1.29 is 40.7 Å². The number of halogens is 6. The fraction of sp³-hybridized carbons (Fsp3) is 0.750. The lowest BCUT2D eigenvalue weighted by atomic mass is 9.89. The molecule has 17 heavy (non-hydrogen) atoms. The Morgan fingerprint density at radius 2 is 1.35 bits per heavy atom. The molecule has 0 N–H and O–H groups in total. The van der Waals surface area contributed by atoms with Gasteiger partial charge in [-0.25, -0.2) is 0 Å². The monoisotopic (exact) mass is 266 g/mol. The quantitative estimate of drug-likeness (QED) is 0.438. The molecule has 0 heterocycles. The highest BCUT2D eigenvalue weighted by atomic mass is 19.4. The maximum absolute atomic E-state index is 12.3. The molecule has 0 saturated heterocycles. The topological polar surface area (TPSA) is 43.4 Å². The molecule has 0 atom stereocenters. The molecule has 0 amide bonds. The van der Waals surface area contributed by atoms with Crippen molar-refractivity contribution in [3.63, 3.8) is 0 Å². The normalized spacial score (nSPS) is 13.4. The number of carbonyl (C=O) groups excluding carboxylic acids is 2. The number of ether oxygens (including phenoxy) is 1. The van der Waals surface area contributed by atoms with E-state index < -0.39 is 36.1 Å². The highest BCUT2D eigenvalue weighted by Crippen LogP contribution is 2.50. The van der Waals surface area contributed by atoms with Gasteiger partial charge in [-0.2, -0.15) is 26.3 Å². The van der Waals surface area contributed by atoms with Gasteiger partial charge in [-0.05, 0) is 6.92 Å². The Bertz CT molecular complexity index is 302. The van der Waals surface area contributed by atoms with Gasteiger partial charge >= 0.3 is 24.3 Å².